The molecule has 146 valence electrons. The molecule has 4 rings (SSSR count). The van der Waals surface area contributed by atoms with E-state index in [1.807, 2.05) is 11.9 Å². The number of benzene rings is 1. The molecule has 3 aliphatic carbocycles. The molecule has 1 aromatic carbocycles. The maximum absolute atomic E-state index is 12.7. The van der Waals surface area contributed by atoms with E-state index < -0.39 is 6.09 Å². The van der Waals surface area contributed by atoms with Gasteiger partial charge in [-0.25, -0.2) is 4.79 Å². The SMILES string of the molecule is COC(=O)NC1CC(C(=O)N(C)C2CC(c3ccc(C)c(C4CC4)c3)C2)C1. The topological polar surface area (TPSA) is 58.6 Å². The molecule has 0 aliphatic heterocycles. The minimum atomic E-state index is -0.412. The third-order valence-corrected chi connectivity index (χ3v) is 6.80. The summed E-state index contributed by atoms with van der Waals surface area (Å²) in [7, 11) is 3.30. The Bertz CT molecular complexity index is 731. The van der Waals surface area contributed by atoms with Crippen LogP contribution in [0.5, 0.6) is 0 Å². The Hall–Kier alpha value is -2.04. The van der Waals surface area contributed by atoms with E-state index in [4.69, 9.17) is 0 Å². The van der Waals surface area contributed by atoms with Crippen molar-refractivity contribution < 1.29 is 14.3 Å². The minimum absolute atomic E-state index is 0.0389. The lowest BCUT2D eigenvalue weighted by atomic mass is 9.73. The van der Waals surface area contributed by atoms with E-state index in [-0.39, 0.29) is 17.9 Å². The van der Waals surface area contributed by atoms with Crippen LogP contribution in [0.1, 0.15) is 67.1 Å². The molecule has 3 fully saturated rings. The number of carbonyl (C=O) groups excluding carboxylic acids is 2. The number of hydrogen-bond donors (Lipinski definition) is 1. The zero-order valence-electron chi connectivity index (χ0n) is 16.5. The van der Waals surface area contributed by atoms with E-state index in [1.54, 1.807) is 5.56 Å². The van der Waals surface area contributed by atoms with Crippen LogP contribution in [-0.4, -0.2) is 43.1 Å². The van der Waals surface area contributed by atoms with Crippen LogP contribution in [0.3, 0.4) is 0 Å². The fourth-order valence-corrected chi connectivity index (χ4v) is 4.55. The summed E-state index contributed by atoms with van der Waals surface area (Å²) in [5, 5.41) is 2.77. The quantitative estimate of drug-likeness (QED) is 0.859. The molecule has 2 amide bonds. The lowest BCUT2D eigenvalue weighted by Crippen LogP contribution is -2.53. The second-order valence-electron chi connectivity index (χ2n) is 8.66. The summed E-state index contributed by atoms with van der Waals surface area (Å²) in [6, 6.07) is 7.39. The van der Waals surface area contributed by atoms with E-state index in [0.29, 0.717) is 12.0 Å². The summed E-state index contributed by atoms with van der Waals surface area (Å²) in [6.45, 7) is 2.22. The van der Waals surface area contributed by atoms with E-state index in [0.717, 1.165) is 31.6 Å². The number of aryl methyl sites for hydroxylation is 1. The van der Waals surface area contributed by atoms with Crippen LogP contribution in [0.25, 0.3) is 0 Å². The van der Waals surface area contributed by atoms with Gasteiger partial charge in [-0.1, -0.05) is 18.2 Å². The molecule has 0 bridgehead atoms. The van der Waals surface area contributed by atoms with Crippen molar-refractivity contribution in [3.8, 4) is 0 Å². The van der Waals surface area contributed by atoms with Crippen molar-refractivity contribution >= 4 is 12.0 Å². The van der Waals surface area contributed by atoms with Crippen LogP contribution in [0.15, 0.2) is 18.2 Å². The summed E-state index contributed by atoms with van der Waals surface area (Å²) in [5.41, 5.74) is 4.41. The fraction of sp³-hybridized carbons (Fsp3) is 0.636. The monoisotopic (exact) mass is 370 g/mol. The van der Waals surface area contributed by atoms with Crippen LogP contribution < -0.4 is 5.32 Å². The highest BCUT2D eigenvalue weighted by atomic mass is 16.5. The van der Waals surface area contributed by atoms with Crippen molar-refractivity contribution in [3.63, 3.8) is 0 Å². The summed E-state index contributed by atoms with van der Waals surface area (Å²) in [4.78, 5) is 25.9. The molecular formula is C22H30N2O3. The first-order valence-electron chi connectivity index (χ1n) is 10.2. The third-order valence-electron chi connectivity index (χ3n) is 6.80. The Morgan fingerprint density at radius 1 is 1.11 bits per heavy atom. The predicted octanol–water partition coefficient (Wildman–Crippen LogP) is 3.71. The Labute approximate surface area is 161 Å². The number of methoxy groups -OCH3 is 1. The van der Waals surface area contributed by atoms with Crippen LogP contribution in [0.2, 0.25) is 0 Å². The highest BCUT2D eigenvalue weighted by Gasteiger charge is 2.41. The number of alkyl carbamates (subject to hydrolysis) is 1. The van der Waals surface area contributed by atoms with Crippen LogP contribution in [0, 0.1) is 12.8 Å². The molecule has 3 saturated carbocycles. The number of hydrogen-bond acceptors (Lipinski definition) is 3. The predicted molar refractivity (Wildman–Crippen MR) is 104 cm³/mol. The lowest BCUT2D eigenvalue weighted by molar-refractivity contribution is -0.141. The van der Waals surface area contributed by atoms with Crippen LogP contribution >= 0.6 is 0 Å². The average Bonchev–Trinajstić information content (AvgIpc) is 3.41. The summed E-state index contributed by atoms with van der Waals surface area (Å²) >= 11 is 0. The first-order chi connectivity index (χ1) is 13.0. The van der Waals surface area contributed by atoms with Gasteiger partial charge in [0.1, 0.15) is 0 Å². The molecule has 0 radical (unpaired) electrons. The van der Waals surface area contributed by atoms with Gasteiger partial charge in [-0.3, -0.25) is 4.79 Å². The van der Waals surface area contributed by atoms with Gasteiger partial charge < -0.3 is 15.0 Å². The molecule has 1 N–H and O–H groups in total. The smallest absolute Gasteiger partial charge is 0.407 e. The van der Waals surface area contributed by atoms with Gasteiger partial charge in [0.15, 0.2) is 0 Å². The van der Waals surface area contributed by atoms with E-state index >= 15 is 0 Å². The number of carbonyl (C=O) groups is 2. The molecule has 27 heavy (non-hydrogen) atoms. The standard InChI is InChI=1S/C22H30N2O3/c1-13-4-5-15(12-20(13)14-6-7-14)16-10-19(11-16)24(2)21(25)17-8-18(9-17)23-22(26)27-3/h4-5,12,14,16-19H,6-11H2,1-3H3,(H,23,26). The fourth-order valence-electron chi connectivity index (χ4n) is 4.55. The third kappa shape index (κ3) is 3.69. The Balaban J connectivity index is 1.26. The summed E-state index contributed by atoms with van der Waals surface area (Å²) < 4.78 is 4.61. The second-order valence-corrected chi connectivity index (χ2v) is 8.66. The van der Waals surface area contributed by atoms with E-state index in [1.165, 1.54) is 31.1 Å². The number of nitrogens with one attached hydrogen (secondary N) is 1. The highest BCUT2D eigenvalue weighted by Crippen LogP contribution is 2.45. The van der Waals surface area contributed by atoms with Crippen molar-refractivity contribution in [2.75, 3.05) is 14.2 Å². The lowest BCUT2D eigenvalue weighted by Gasteiger charge is -2.45. The second kappa shape index (κ2) is 7.17. The molecule has 3 aliphatic rings. The maximum Gasteiger partial charge on any atom is 0.407 e. The van der Waals surface area contributed by atoms with Crippen molar-refractivity contribution in [1.29, 1.82) is 0 Å². The molecule has 0 spiro atoms. The van der Waals surface area contributed by atoms with Gasteiger partial charge in [0, 0.05) is 25.0 Å². The van der Waals surface area contributed by atoms with Gasteiger partial charge in [0.05, 0.1) is 7.11 Å². The zero-order valence-corrected chi connectivity index (χ0v) is 16.5. The van der Waals surface area contributed by atoms with E-state index in [2.05, 4.69) is 35.2 Å². The molecular weight excluding hydrogens is 340 g/mol. The molecule has 0 unspecified atom stereocenters. The first kappa shape index (κ1) is 18.3. The number of rotatable bonds is 5. The highest BCUT2D eigenvalue weighted by molar-refractivity contribution is 5.80. The first-order valence-corrected chi connectivity index (χ1v) is 10.2. The van der Waals surface area contributed by atoms with E-state index in [9.17, 15) is 9.59 Å². The van der Waals surface area contributed by atoms with Gasteiger partial charge in [0.2, 0.25) is 5.91 Å². The normalized spacial score (nSPS) is 29.3. The van der Waals surface area contributed by atoms with Crippen molar-refractivity contribution in [1.82, 2.24) is 10.2 Å². The minimum Gasteiger partial charge on any atom is -0.453 e. The number of ether oxygens (including phenoxy) is 1. The Morgan fingerprint density at radius 2 is 1.81 bits per heavy atom. The zero-order chi connectivity index (χ0) is 19.1. The largest absolute Gasteiger partial charge is 0.453 e. The molecule has 0 atom stereocenters. The van der Waals surface area contributed by atoms with Crippen LogP contribution in [0.4, 0.5) is 4.79 Å². The molecule has 5 nitrogen and oxygen atoms in total. The van der Waals surface area contributed by atoms with Crippen molar-refractivity contribution in [2.24, 2.45) is 5.92 Å². The van der Waals surface area contributed by atoms with Gasteiger partial charge >= 0.3 is 6.09 Å². The average molecular weight is 370 g/mol. The summed E-state index contributed by atoms with van der Waals surface area (Å²) in [5.74, 6) is 1.63. The van der Waals surface area contributed by atoms with Gasteiger partial charge in [-0.05, 0) is 74.0 Å². The van der Waals surface area contributed by atoms with Crippen molar-refractivity contribution in [3.05, 3.63) is 34.9 Å². The number of amides is 2. The maximum atomic E-state index is 12.7. The van der Waals surface area contributed by atoms with Crippen LogP contribution in [-0.2, 0) is 9.53 Å². The Morgan fingerprint density at radius 3 is 2.44 bits per heavy atom. The Kier molecular flexibility index (Phi) is 4.87. The molecule has 1 aromatic rings. The van der Waals surface area contributed by atoms with Gasteiger partial charge in [-0.15, -0.1) is 0 Å². The van der Waals surface area contributed by atoms with Crippen molar-refractivity contribution in [2.45, 2.75) is 69.4 Å². The summed E-state index contributed by atoms with van der Waals surface area (Å²) in [6.07, 6.45) is 5.82. The molecule has 5 heteroatoms. The van der Waals surface area contributed by atoms with Gasteiger partial charge in [0.25, 0.3) is 0 Å². The molecule has 0 heterocycles. The molecule has 0 saturated heterocycles. The number of nitrogens with zero attached hydrogens (tertiary/aromatic N) is 1. The van der Waals surface area contributed by atoms with Gasteiger partial charge in [-0.2, -0.15) is 0 Å². The molecule has 0 aromatic heterocycles.